The molecular formula is C19H26N2O4. The number of H-pyrrole nitrogens is 1. The van der Waals surface area contributed by atoms with E-state index < -0.39 is 5.63 Å². The molecule has 1 aliphatic rings. The van der Waals surface area contributed by atoms with Crippen LogP contribution in [0.1, 0.15) is 64.4 Å². The summed E-state index contributed by atoms with van der Waals surface area (Å²) >= 11 is 0. The normalized spacial score (nSPS) is 15.4. The SMILES string of the molecule is CCCCC(C)Oc1nc2oc(=O)cc(CCCC3CC3)c2c(=O)[nH]1. The van der Waals surface area contributed by atoms with Gasteiger partial charge >= 0.3 is 5.63 Å². The van der Waals surface area contributed by atoms with E-state index in [0.717, 1.165) is 38.0 Å². The van der Waals surface area contributed by atoms with Crippen LogP contribution in [0, 0.1) is 5.92 Å². The van der Waals surface area contributed by atoms with Gasteiger partial charge in [-0.15, -0.1) is 0 Å². The Bertz CT molecular complexity index is 835. The van der Waals surface area contributed by atoms with Crippen LogP contribution in [0.2, 0.25) is 0 Å². The maximum Gasteiger partial charge on any atom is 0.337 e. The first kappa shape index (κ1) is 17.7. The minimum absolute atomic E-state index is 0.0611. The lowest BCUT2D eigenvalue weighted by atomic mass is 10.1. The number of nitrogens with zero attached hydrogens (tertiary/aromatic N) is 1. The van der Waals surface area contributed by atoms with Crippen LogP contribution in [-0.2, 0) is 6.42 Å². The molecule has 6 heteroatoms. The van der Waals surface area contributed by atoms with E-state index >= 15 is 0 Å². The topological polar surface area (TPSA) is 85.2 Å². The summed E-state index contributed by atoms with van der Waals surface area (Å²) in [5, 5.41) is 0.365. The van der Waals surface area contributed by atoms with Crippen LogP contribution < -0.4 is 15.9 Å². The van der Waals surface area contributed by atoms with Crippen molar-refractivity contribution in [2.75, 3.05) is 0 Å². The lowest BCUT2D eigenvalue weighted by Gasteiger charge is -2.13. The van der Waals surface area contributed by atoms with Crippen molar-refractivity contribution in [3.8, 4) is 6.01 Å². The third kappa shape index (κ3) is 4.71. The number of nitrogens with one attached hydrogen (secondary N) is 1. The number of aromatic nitrogens is 2. The summed E-state index contributed by atoms with van der Waals surface area (Å²) < 4.78 is 10.8. The molecule has 0 bridgehead atoms. The molecule has 0 aromatic carbocycles. The number of unbranched alkanes of at least 4 members (excludes halogenated alkanes) is 1. The number of hydrogen-bond acceptors (Lipinski definition) is 5. The van der Waals surface area contributed by atoms with Gasteiger partial charge in [-0.3, -0.25) is 9.78 Å². The molecule has 136 valence electrons. The van der Waals surface area contributed by atoms with Crippen molar-refractivity contribution in [2.45, 2.75) is 71.3 Å². The molecule has 1 aliphatic carbocycles. The first-order chi connectivity index (χ1) is 12.1. The maximum atomic E-state index is 12.5. The standard InChI is InChI=1S/C19H26N2O4/c1-3-4-6-12(2)24-19-20-17(23)16-14(8-5-7-13-9-10-13)11-15(22)25-18(16)21-19/h11-13H,3-10H2,1-2H3,(H,20,21,23). The molecule has 25 heavy (non-hydrogen) atoms. The Labute approximate surface area is 146 Å². The zero-order valence-corrected chi connectivity index (χ0v) is 15.0. The minimum atomic E-state index is -0.475. The van der Waals surface area contributed by atoms with E-state index in [0.29, 0.717) is 17.4 Å². The number of ether oxygens (including phenoxy) is 1. The molecular weight excluding hydrogens is 320 g/mol. The molecule has 1 fully saturated rings. The van der Waals surface area contributed by atoms with Crippen molar-refractivity contribution < 1.29 is 9.15 Å². The molecule has 0 aliphatic heterocycles. The van der Waals surface area contributed by atoms with E-state index in [2.05, 4.69) is 16.9 Å². The van der Waals surface area contributed by atoms with Crippen molar-refractivity contribution in [1.82, 2.24) is 9.97 Å². The van der Waals surface area contributed by atoms with Crippen molar-refractivity contribution >= 4 is 11.1 Å². The Morgan fingerprint density at radius 3 is 2.88 bits per heavy atom. The molecule has 1 saturated carbocycles. The van der Waals surface area contributed by atoms with Crippen LogP contribution in [0.15, 0.2) is 20.1 Å². The van der Waals surface area contributed by atoms with Gasteiger partial charge < -0.3 is 9.15 Å². The van der Waals surface area contributed by atoms with E-state index in [9.17, 15) is 9.59 Å². The molecule has 3 rings (SSSR count). The fourth-order valence-corrected chi connectivity index (χ4v) is 3.11. The Morgan fingerprint density at radius 1 is 1.36 bits per heavy atom. The average molecular weight is 346 g/mol. The summed E-state index contributed by atoms with van der Waals surface area (Å²) in [6, 6.07) is 1.52. The van der Waals surface area contributed by atoms with Gasteiger partial charge in [0.05, 0.1) is 6.10 Å². The Kier molecular flexibility index (Phi) is 5.56. The molecule has 1 unspecified atom stereocenters. The average Bonchev–Trinajstić information content (AvgIpc) is 3.36. The van der Waals surface area contributed by atoms with E-state index in [-0.39, 0.29) is 23.4 Å². The molecule has 0 radical (unpaired) electrons. The zero-order valence-electron chi connectivity index (χ0n) is 15.0. The summed E-state index contributed by atoms with van der Waals surface area (Å²) in [4.78, 5) is 31.2. The van der Waals surface area contributed by atoms with E-state index in [1.54, 1.807) is 0 Å². The fourth-order valence-electron chi connectivity index (χ4n) is 3.11. The number of rotatable bonds is 9. The van der Waals surface area contributed by atoms with Gasteiger partial charge in [0.1, 0.15) is 5.39 Å². The van der Waals surface area contributed by atoms with Crippen LogP contribution >= 0.6 is 0 Å². The van der Waals surface area contributed by atoms with Crippen molar-refractivity contribution in [2.24, 2.45) is 5.92 Å². The Morgan fingerprint density at radius 2 is 2.16 bits per heavy atom. The number of fused-ring (bicyclic) bond motifs is 1. The Hall–Kier alpha value is -2.11. The van der Waals surface area contributed by atoms with Gasteiger partial charge in [0.2, 0.25) is 5.71 Å². The number of aryl methyl sites for hydroxylation is 1. The number of aromatic amines is 1. The largest absolute Gasteiger partial charge is 0.462 e. The third-order valence-corrected chi connectivity index (χ3v) is 4.71. The van der Waals surface area contributed by atoms with E-state index in [1.165, 1.54) is 18.9 Å². The zero-order chi connectivity index (χ0) is 17.8. The molecule has 6 nitrogen and oxygen atoms in total. The predicted octanol–water partition coefficient (Wildman–Crippen LogP) is 3.57. The molecule has 0 saturated heterocycles. The van der Waals surface area contributed by atoms with E-state index in [1.807, 2.05) is 6.92 Å². The van der Waals surface area contributed by atoms with Gasteiger partial charge in [0.25, 0.3) is 11.6 Å². The highest BCUT2D eigenvalue weighted by atomic mass is 16.5. The second-order valence-electron chi connectivity index (χ2n) is 7.05. The van der Waals surface area contributed by atoms with Gasteiger partial charge in [0.15, 0.2) is 0 Å². The number of hydrogen-bond donors (Lipinski definition) is 1. The quantitative estimate of drug-likeness (QED) is 0.750. The summed E-state index contributed by atoms with van der Waals surface area (Å²) in [6.45, 7) is 4.05. The van der Waals surface area contributed by atoms with Crippen molar-refractivity contribution in [3.05, 3.63) is 32.4 Å². The lowest BCUT2D eigenvalue weighted by Crippen LogP contribution is -2.19. The van der Waals surface area contributed by atoms with Crippen LogP contribution in [0.4, 0.5) is 0 Å². The lowest BCUT2D eigenvalue weighted by molar-refractivity contribution is 0.190. The van der Waals surface area contributed by atoms with Crippen LogP contribution in [0.25, 0.3) is 11.1 Å². The molecule has 1 atom stereocenters. The maximum absolute atomic E-state index is 12.5. The Balaban J connectivity index is 1.84. The summed E-state index contributed by atoms with van der Waals surface area (Å²) in [5.41, 5.74) is -0.00791. The van der Waals surface area contributed by atoms with Crippen LogP contribution in [-0.4, -0.2) is 16.1 Å². The first-order valence-corrected chi connectivity index (χ1v) is 9.30. The van der Waals surface area contributed by atoms with Crippen molar-refractivity contribution in [1.29, 1.82) is 0 Å². The second kappa shape index (κ2) is 7.85. The van der Waals surface area contributed by atoms with Gasteiger partial charge in [0, 0.05) is 6.07 Å². The highest BCUT2D eigenvalue weighted by Crippen LogP contribution is 2.34. The van der Waals surface area contributed by atoms with Gasteiger partial charge in [-0.1, -0.05) is 39.0 Å². The smallest absolute Gasteiger partial charge is 0.337 e. The molecule has 2 aromatic rings. The molecule has 1 N–H and O–H groups in total. The fraction of sp³-hybridized carbons (Fsp3) is 0.632. The summed E-state index contributed by atoms with van der Waals surface area (Å²) in [5.74, 6) is 0.826. The van der Waals surface area contributed by atoms with Gasteiger partial charge in [-0.2, -0.15) is 4.98 Å². The highest BCUT2D eigenvalue weighted by molar-refractivity contribution is 5.75. The van der Waals surface area contributed by atoms with Crippen molar-refractivity contribution in [3.63, 3.8) is 0 Å². The van der Waals surface area contributed by atoms with Crippen LogP contribution in [0.3, 0.4) is 0 Å². The molecule has 0 spiro atoms. The highest BCUT2D eigenvalue weighted by Gasteiger charge is 2.21. The predicted molar refractivity (Wildman–Crippen MR) is 96.2 cm³/mol. The second-order valence-corrected chi connectivity index (χ2v) is 7.05. The van der Waals surface area contributed by atoms with Gasteiger partial charge in [-0.05, 0) is 37.7 Å². The molecule has 2 aromatic heterocycles. The molecule has 0 amide bonds. The monoisotopic (exact) mass is 346 g/mol. The third-order valence-electron chi connectivity index (χ3n) is 4.71. The molecule has 2 heterocycles. The summed E-state index contributed by atoms with van der Waals surface area (Å²) in [6.07, 6.45) is 8.34. The minimum Gasteiger partial charge on any atom is -0.462 e. The first-order valence-electron chi connectivity index (χ1n) is 9.30. The summed E-state index contributed by atoms with van der Waals surface area (Å²) in [7, 11) is 0. The van der Waals surface area contributed by atoms with Gasteiger partial charge in [-0.25, -0.2) is 4.79 Å². The van der Waals surface area contributed by atoms with E-state index in [4.69, 9.17) is 9.15 Å². The van der Waals surface area contributed by atoms with Crippen LogP contribution in [0.5, 0.6) is 6.01 Å².